The Morgan fingerprint density at radius 1 is 1.07 bits per heavy atom. The molecule has 1 fully saturated rings. The maximum absolute atomic E-state index is 4.80. The maximum atomic E-state index is 4.80. The van der Waals surface area contributed by atoms with Crippen LogP contribution < -0.4 is 5.32 Å². The van der Waals surface area contributed by atoms with Crippen molar-refractivity contribution in [1.29, 1.82) is 0 Å². The number of piperidine rings is 1. The zero-order chi connectivity index (χ0) is 19.3. The third-order valence-corrected chi connectivity index (χ3v) is 4.93. The van der Waals surface area contributed by atoms with Crippen LogP contribution in [0.4, 0.5) is 11.8 Å². The van der Waals surface area contributed by atoms with Crippen LogP contribution >= 0.6 is 0 Å². The molecule has 0 radical (unpaired) electrons. The van der Waals surface area contributed by atoms with E-state index in [9.17, 15) is 0 Å². The van der Waals surface area contributed by atoms with Gasteiger partial charge in [0.25, 0.3) is 0 Å². The number of rotatable bonds is 5. The van der Waals surface area contributed by atoms with Crippen molar-refractivity contribution in [3.8, 4) is 0 Å². The first-order valence-corrected chi connectivity index (χ1v) is 9.68. The predicted molar refractivity (Wildman–Crippen MR) is 108 cm³/mol. The molecule has 3 aromatic heterocycles. The molecule has 0 aliphatic carbocycles. The van der Waals surface area contributed by atoms with Crippen LogP contribution in [0.1, 0.15) is 41.4 Å². The largest absolute Gasteiger partial charge is 0.307 e. The van der Waals surface area contributed by atoms with Crippen molar-refractivity contribution in [2.24, 2.45) is 0 Å². The van der Waals surface area contributed by atoms with Gasteiger partial charge in [0.05, 0.1) is 11.9 Å². The highest BCUT2D eigenvalue weighted by Gasteiger charge is 2.23. The molecule has 1 aliphatic heterocycles. The Labute approximate surface area is 165 Å². The molecule has 7 nitrogen and oxygen atoms in total. The molecule has 1 aliphatic rings. The van der Waals surface area contributed by atoms with E-state index in [0.717, 1.165) is 49.6 Å². The monoisotopic (exact) mass is 375 g/mol. The van der Waals surface area contributed by atoms with E-state index in [-0.39, 0.29) is 0 Å². The summed E-state index contributed by atoms with van der Waals surface area (Å²) in [7, 11) is 0. The van der Waals surface area contributed by atoms with Crippen LogP contribution in [0.2, 0.25) is 0 Å². The number of hydrogen-bond acceptors (Lipinski definition) is 7. The van der Waals surface area contributed by atoms with Gasteiger partial charge in [-0.25, -0.2) is 15.0 Å². The molecular formula is C21H25N7. The third-order valence-electron chi connectivity index (χ3n) is 4.93. The van der Waals surface area contributed by atoms with E-state index in [0.29, 0.717) is 17.7 Å². The van der Waals surface area contributed by atoms with Gasteiger partial charge in [0.2, 0.25) is 5.95 Å². The van der Waals surface area contributed by atoms with Crippen LogP contribution in [0.3, 0.4) is 0 Å². The number of anilines is 2. The van der Waals surface area contributed by atoms with Gasteiger partial charge < -0.3 is 5.32 Å². The van der Waals surface area contributed by atoms with Crippen molar-refractivity contribution in [2.45, 2.75) is 39.2 Å². The summed E-state index contributed by atoms with van der Waals surface area (Å²) >= 11 is 0. The van der Waals surface area contributed by atoms with Crippen molar-refractivity contribution >= 4 is 11.8 Å². The second-order valence-electron chi connectivity index (χ2n) is 7.36. The first kappa shape index (κ1) is 18.4. The van der Waals surface area contributed by atoms with Crippen LogP contribution in [0.5, 0.6) is 0 Å². The summed E-state index contributed by atoms with van der Waals surface area (Å²) in [5.74, 6) is 1.62. The predicted octanol–water partition coefficient (Wildman–Crippen LogP) is 3.40. The lowest BCUT2D eigenvalue weighted by Crippen LogP contribution is -2.34. The fourth-order valence-corrected chi connectivity index (χ4v) is 3.72. The molecule has 1 N–H and O–H groups in total. The molecule has 1 atom stereocenters. The summed E-state index contributed by atoms with van der Waals surface area (Å²) in [6.07, 6.45) is 9.65. The molecule has 0 aromatic carbocycles. The van der Waals surface area contributed by atoms with E-state index in [4.69, 9.17) is 4.98 Å². The zero-order valence-corrected chi connectivity index (χ0v) is 16.3. The van der Waals surface area contributed by atoms with Crippen molar-refractivity contribution < 1.29 is 0 Å². The summed E-state index contributed by atoms with van der Waals surface area (Å²) in [4.78, 5) is 24.7. The van der Waals surface area contributed by atoms with Gasteiger partial charge in [0, 0.05) is 49.0 Å². The molecule has 28 heavy (non-hydrogen) atoms. The van der Waals surface area contributed by atoms with Gasteiger partial charge in [-0.3, -0.25) is 14.9 Å². The standard InChI is InChI=1S/C21H25N7/c1-15-9-16(2)25-21(24-15)27-20-12-23-11-19(26-20)18-6-4-8-28(14-18)13-17-5-3-7-22-10-17/h3,5,7,9-12,18H,4,6,8,13-14H2,1-2H3,(H,24,25,26,27)/t18-/m1/s1. The van der Waals surface area contributed by atoms with Gasteiger partial charge >= 0.3 is 0 Å². The number of nitrogens with one attached hydrogen (secondary N) is 1. The Bertz CT molecular complexity index is 909. The van der Waals surface area contributed by atoms with Crippen molar-refractivity contribution in [2.75, 3.05) is 18.4 Å². The van der Waals surface area contributed by atoms with E-state index in [1.54, 1.807) is 6.20 Å². The van der Waals surface area contributed by atoms with E-state index >= 15 is 0 Å². The summed E-state index contributed by atoms with van der Waals surface area (Å²) in [6, 6.07) is 6.07. The van der Waals surface area contributed by atoms with E-state index in [2.05, 4.69) is 36.2 Å². The lowest BCUT2D eigenvalue weighted by atomic mass is 9.94. The molecular weight excluding hydrogens is 350 g/mol. The number of likely N-dealkylation sites (tertiary alicyclic amines) is 1. The average Bonchev–Trinajstić information content (AvgIpc) is 2.68. The van der Waals surface area contributed by atoms with Crippen LogP contribution in [-0.4, -0.2) is 42.9 Å². The molecule has 0 amide bonds. The summed E-state index contributed by atoms with van der Waals surface area (Å²) < 4.78 is 0. The fourth-order valence-electron chi connectivity index (χ4n) is 3.72. The second-order valence-corrected chi connectivity index (χ2v) is 7.36. The van der Waals surface area contributed by atoms with Crippen molar-refractivity contribution in [3.05, 3.63) is 65.6 Å². The van der Waals surface area contributed by atoms with Crippen LogP contribution in [-0.2, 0) is 6.54 Å². The molecule has 3 aromatic rings. The third kappa shape index (κ3) is 4.67. The molecule has 0 saturated carbocycles. The van der Waals surface area contributed by atoms with Crippen LogP contribution in [0.25, 0.3) is 0 Å². The highest BCUT2D eigenvalue weighted by atomic mass is 15.2. The number of aromatic nitrogens is 5. The number of hydrogen-bond donors (Lipinski definition) is 1. The van der Waals surface area contributed by atoms with Gasteiger partial charge in [0.1, 0.15) is 0 Å². The normalized spacial score (nSPS) is 17.4. The Morgan fingerprint density at radius 2 is 1.93 bits per heavy atom. The van der Waals surface area contributed by atoms with Gasteiger partial charge in [-0.1, -0.05) is 6.07 Å². The highest BCUT2D eigenvalue weighted by molar-refractivity contribution is 5.46. The lowest BCUT2D eigenvalue weighted by molar-refractivity contribution is 0.198. The molecule has 4 rings (SSSR count). The van der Waals surface area contributed by atoms with E-state index in [1.165, 1.54) is 5.56 Å². The minimum atomic E-state index is 0.375. The molecule has 0 bridgehead atoms. The Hall–Kier alpha value is -2.93. The minimum Gasteiger partial charge on any atom is -0.307 e. The average molecular weight is 375 g/mol. The van der Waals surface area contributed by atoms with Crippen LogP contribution in [0.15, 0.2) is 43.0 Å². The second kappa shape index (κ2) is 8.39. The molecule has 1 saturated heterocycles. The summed E-state index contributed by atoms with van der Waals surface area (Å²) in [6.45, 7) is 6.92. The van der Waals surface area contributed by atoms with Gasteiger partial charge in [-0.2, -0.15) is 0 Å². The van der Waals surface area contributed by atoms with Gasteiger partial charge in [0.15, 0.2) is 5.82 Å². The SMILES string of the molecule is Cc1cc(C)nc(Nc2cncc([C@@H]3CCCN(Cc4cccnc4)C3)n2)n1. The van der Waals surface area contributed by atoms with Crippen molar-refractivity contribution in [1.82, 2.24) is 29.8 Å². The van der Waals surface area contributed by atoms with E-state index in [1.807, 2.05) is 44.6 Å². The number of nitrogens with zero attached hydrogens (tertiary/aromatic N) is 6. The summed E-state index contributed by atoms with van der Waals surface area (Å²) in [5, 5.41) is 3.20. The Balaban J connectivity index is 1.46. The molecule has 144 valence electrons. The van der Waals surface area contributed by atoms with E-state index < -0.39 is 0 Å². The number of aryl methyl sites for hydroxylation is 2. The van der Waals surface area contributed by atoms with Crippen LogP contribution in [0, 0.1) is 13.8 Å². The Kier molecular flexibility index (Phi) is 5.53. The smallest absolute Gasteiger partial charge is 0.228 e. The molecule has 0 unspecified atom stereocenters. The first-order chi connectivity index (χ1) is 13.7. The zero-order valence-electron chi connectivity index (χ0n) is 16.3. The molecule has 4 heterocycles. The fraction of sp³-hybridized carbons (Fsp3) is 0.381. The van der Waals surface area contributed by atoms with Gasteiger partial charge in [-0.15, -0.1) is 0 Å². The summed E-state index contributed by atoms with van der Waals surface area (Å²) in [5.41, 5.74) is 4.12. The minimum absolute atomic E-state index is 0.375. The Morgan fingerprint density at radius 3 is 2.71 bits per heavy atom. The number of pyridine rings is 1. The first-order valence-electron chi connectivity index (χ1n) is 9.68. The van der Waals surface area contributed by atoms with Gasteiger partial charge in [-0.05, 0) is 50.9 Å². The lowest BCUT2D eigenvalue weighted by Gasteiger charge is -2.32. The maximum Gasteiger partial charge on any atom is 0.228 e. The van der Waals surface area contributed by atoms with Crippen molar-refractivity contribution in [3.63, 3.8) is 0 Å². The topological polar surface area (TPSA) is 79.7 Å². The quantitative estimate of drug-likeness (QED) is 0.732. The molecule has 7 heteroatoms. The molecule has 0 spiro atoms. The highest BCUT2D eigenvalue weighted by Crippen LogP contribution is 2.27.